The zero-order valence-corrected chi connectivity index (χ0v) is 12.9. The smallest absolute Gasteiger partial charge is 0.00858 e. The molecule has 0 bridgehead atoms. The Morgan fingerprint density at radius 1 is 0.714 bits per heavy atom. The predicted octanol–water partition coefficient (Wildman–Crippen LogP) is 3.64. The summed E-state index contributed by atoms with van der Waals surface area (Å²) in [4.78, 5) is 0. The van der Waals surface area contributed by atoms with Crippen LogP contribution in [0.2, 0.25) is 0 Å². The molecular formula is C8H22N2S4. The first-order valence-electron chi connectivity index (χ1n) is 4.79. The maximum absolute atomic E-state index is 2.35. The molecule has 0 aromatic heterocycles. The predicted molar refractivity (Wildman–Crippen MR) is 79.0 cm³/mol. The Labute approximate surface area is 107 Å². The van der Waals surface area contributed by atoms with Gasteiger partial charge < -0.3 is 0 Å². The first-order chi connectivity index (χ1) is 6.28. The lowest BCUT2D eigenvalue weighted by atomic mass is 10.7. The molecular weight excluding hydrogens is 252 g/mol. The SMILES string of the molecule is CCN(CC)SSSN(CC)CC.S. The van der Waals surface area contributed by atoms with Crippen LogP contribution >= 0.6 is 45.3 Å². The maximum atomic E-state index is 2.35. The van der Waals surface area contributed by atoms with Gasteiger partial charge in [-0.1, -0.05) is 27.7 Å². The minimum Gasteiger partial charge on any atom is -0.241 e. The third-order valence-corrected chi connectivity index (χ3v) is 5.98. The van der Waals surface area contributed by atoms with Crippen molar-refractivity contribution >= 4 is 45.3 Å². The van der Waals surface area contributed by atoms with Gasteiger partial charge in [-0.15, -0.1) is 0 Å². The minimum absolute atomic E-state index is 0. The van der Waals surface area contributed by atoms with Crippen molar-refractivity contribution in [2.24, 2.45) is 0 Å². The van der Waals surface area contributed by atoms with Gasteiger partial charge in [0.25, 0.3) is 0 Å². The molecule has 2 nitrogen and oxygen atoms in total. The van der Waals surface area contributed by atoms with Crippen molar-refractivity contribution in [2.45, 2.75) is 27.7 Å². The minimum atomic E-state index is 0. The van der Waals surface area contributed by atoms with E-state index in [2.05, 4.69) is 36.3 Å². The molecule has 0 fully saturated rings. The molecule has 0 saturated heterocycles. The Morgan fingerprint density at radius 2 is 1.00 bits per heavy atom. The normalized spacial score (nSPS) is 10.7. The van der Waals surface area contributed by atoms with Crippen molar-refractivity contribution in [3.05, 3.63) is 0 Å². The van der Waals surface area contributed by atoms with E-state index in [1.165, 1.54) is 0 Å². The second-order valence-corrected chi connectivity index (χ2v) is 6.44. The lowest BCUT2D eigenvalue weighted by Crippen LogP contribution is -2.14. The van der Waals surface area contributed by atoms with Crippen molar-refractivity contribution in [3.63, 3.8) is 0 Å². The van der Waals surface area contributed by atoms with Crippen LogP contribution in [0.25, 0.3) is 0 Å². The largest absolute Gasteiger partial charge is 0.241 e. The number of hydrogen-bond acceptors (Lipinski definition) is 5. The van der Waals surface area contributed by atoms with Crippen LogP contribution in [0.4, 0.5) is 0 Å². The summed E-state index contributed by atoms with van der Waals surface area (Å²) in [7, 11) is 5.56. The summed E-state index contributed by atoms with van der Waals surface area (Å²) >= 11 is 0. The molecule has 0 aliphatic carbocycles. The van der Waals surface area contributed by atoms with Gasteiger partial charge in [-0.25, -0.2) is 8.61 Å². The lowest BCUT2D eigenvalue weighted by molar-refractivity contribution is 0.529. The average Bonchev–Trinajstić information content (AvgIpc) is 2.19. The van der Waals surface area contributed by atoms with E-state index in [1.54, 1.807) is 0 Å². The third-order valence-electron chi connectivity index (χ3n) is 1.68. The molecule has 0 unspecified atom stereocenters. The Morgan fingerprint density at radius 3 is 1.21 bits per heavy atom. The molecule has 88 valence electrons. The van der Waals surface area contributed by atoms with E-state index < -0.39 is 0 Å². The molecule has 0 spiro atoms. The van der Waals surface area contributed by atoms with Crippen LogP contribution in [0.1, 0.15) is 27.7 Å². The van der Waals surface area contributed by atoms with Crippen molar-refractivity contribution in [3.8, 4) is 0 Å². The molecule has 6 heteroatoms. The number of nitrogens with zero attached hydrogens (tertiary/aromatic N) is 2. The fourth-order valence-corrected chi connectivity index (χ4v) is 5.04. The highest BCUT2D eigenvalue weighted by molar-refractivity contribution is 9.08. The van der Waals surface area contributed by atoms with E-state index in [0.29, 0.717) is 0 Å². The van der Waals surface area contributed by atoms with Crippen molar-refractivity contribution in [1.29, 1.82) is 0 Å². The summed E-state index contributed by atoms with van der Waals surface area (Å²) in [6, 6.07) is 0. The molecule has 14 heavy (non-hydrogen) atoms. The molecule has 0 N–H and O–H groups in total. The average molecular weight is 275 g/mol. The Bertz CT molecular complexity index is 95.5. The zero-order chi connectivity index (χ0) is 10.1. The molecule has 0 rings (SSSR count). The van der Waals surface area contributed by atoms with Crippen LogP contribution in [-0.2, 0) is 0 Å². The van der Waals surface area contributed by atoms with Gasteiger partial charge in [-0.2, -0.15) is 13.5 Å². The summed E-state index contributed by atoms with van der Waals surface area (Å²) < 4.78 is 4.70. The van der Waals surface area contributed by atoms with E-state index in [4.69, 9.17) is 0 Å². The first kappa shape index (κ1) is 17.7. The molecule has 0 heterocycles. The fraction of sp³-hybridized carbons (Fsp3) is 1.00. The van der Waals surface area contributed by atoms with Gasteiger partial charge in [0.1, 0.15) is 0 Å². The fourth-order valence-electron chi connectivity index (χ4n) is 0.758. The van der Waals surface area contributed by atoms with E-state index >= 15 is 0 Å². The molecule has 0 aliphatic rings. The highest BCUT2D eigenvalue weighted by Crippen LogP contribution is 2.38. The Kier molecular flexibility index (Phi) is 15.7. The molecule has 0 amide bonds. The van der Waals surface area contributed by atoms with Crippen LogP contribution < -0.4 is 0 Å². The van der Waals surface area contributed by atoms with Crippen molar-refractivity contribution in [1.82, 2.24) is 8.61 Å². The third kappa shape index (κ3) is 8.61. The van der Waals surface area contributed by atoms with E-state index in [0.717, 1.165) is 26.2 Å². The van der Waals surface area contributed by atoms with Gasteiger partial charge in [-0.3, -0.25) is 0 Å². The van der Waals surface area contributed by atoms with Gasteiger partial charge >= 0.3 is 0 Å². The van der Waals surface area contributed by atoms with Gasteiger partial charge in [0.05, 0.1) is 0 Å². The van der Waals surface area contributed by atoms with Crippen molar-refractivity contribution < 1.29 is 0 Å². The van der Waals surface area contributed by atoms with E-state index in [-0.39, 0.29) is 13.5 Å². The highest BCUT2D eigenvalue weighted by atomic mass is 33.5. The standard InChI is InChI=1S/C8H20N2S3.H2S/c1-5-9(6-2)11-13-12-10(7-3)8-4;/h5-8H2,1-4H3;1H2. The molecule has 0 atom stereocenters. The Hall–Kier alpha value is 1.32. The number of hydrogen-bond donors (Lipinski definition) is 0. The van der Waals surface area contributed by atoms with Gasteiger partial charge in [0.2, 0.25) is 0 Å². The van der Waals surface area contributed by atoms with Crippen LogP contribution in [0.5, 0.6) is 0 Å². The van der Waals surface area contributed by atoms with Crippen molar-refractivity contribution in [2.75, 3.05) is 26.2 Å². The topological polar surface area (TPSA) is 6.48 Å². The van der Waals surface area contributed by atoms with Gasteiger partial charge in [-0.05, 0) is 0 Å². The second kappa shape index (κ2) is 12.4. The van der Waals surface area contributed by atoms with Crippen LogP contribution in [0.15, 0.2) is 0 Å². The molecule has 0 aromatic rings. The van der Waals surface area contributed by atoms with E-state index in [1.807, 2.05) is 31.8 Å². The summed E-state index contributed by atoms with van der Waals surface area (Å²) in [5.41, 5.74) is 0. The van der Waals surface area contributed by atoms with Crippen LogP contribution in [0, 0.1) is 0 Å². The first-order valence-corrected chi connectivity index (χ1v) is 8.19. The second-order valence-electron chi connectivity index (χ2n) is 2.45. The van der Waals surface area contributed by atoms with Gasteiger partial charge in [0.15, 0.2) is 0 Å². The van der Waals surface area contributed by atoms with Crippen LogP contribution in [-0.4, -0.2) is 34.8 Å². The zero-order valence-electron chi connectivity index (χ0n) is 9.45. The maximum Gasteiger partial charge on any atom is 0.00858 e. The highest BCUT2D eigenvalue weighted by Gasteiger charge is 2.04. The lowest BCUT2D eigenvalue weighted by Gasteiger charge is -2.18. The molecule has 0 aliphatic heterocycles. The summed E-state index contributed by atoms with van der Waals surface area (Å²) in [6.07, 6.45) is 0. The monoisotopic (exact) mass is 274 g/mol. The van der Waals surface area contributed by atoms with Gasteiger partial charge in [0, 0.05) is 58.0 Å². The molecule has 0 saturated carbocycles. The molecule has 0 radical (unpaired) electrons. The quantitative estimate of drug-likeness (QED) is 0.491. The molecule has 0 aromatic carbocycles. The summed E-state index contributed by atoms with van der Waals surface area (Å²) in [6.45, 7) is 13.2. The van der Waals surface area contributed by atoms with E-state index in [9.17, 15) is 0 Å². The summed E-state index contributed by atoms with van der Waals surface area (Å²) in [5.74, 6) is 0. The Balaban J connectivity index is 0. The number of rotatable bonds is 8. The van der Waals surface area contributed by atoms with Crippen LogP contribution in [0.3, 0.4) is 0 Å². The summed E-state index contributed by atoms with van der Waals surface area (Å²) in [5, 5.41) is 0.